The fourth-order valence-corrected chi connectivity index (χ4v) is 1.99. The minimum atomic E-state index is -0.333. The largest absolute Gasteiger partial charge is 0.379 e. The highest BCUT2D eigenvalue weighted by Crippen LogP contribution is 2.13. The molecule has 2 heterocycles. The van der Waals surface area contributed by atoms with Crippen molar-refractivity contribution in [3.63, 3.8) is 0 Å². The van der Waals surface area contributed by atoms with Crippen molar-refractivity contribution in [2.24, 2.45) is 0 Å². The maximum atomic E-state index is 12.8. The molecule has 0 radical (unpaired) electrons. The summed E-state index contributed by atoms with van der Waals surface area (Å²) in [6, 6.07) is 11.0. The van der Waals surface area contributed by atoms with Gasteiger partial charge in [0.1, 0.15) is 5.82 Å². The molecular weight excluding hydrogens is 291 g/mol. The Kier molecular flexibility index (Phi) is 4.69. The first-order valence-corrected chi connectivity index (χ1v) is 7.18. The second-order valence-corrected chi connectivity index (χ2v) is 4.91. The monoisotopic (exact) mass is 306 g/mol. The Bertz CT molecular complexity index is 768. The Labute approximate surface area is 133 Å². The summed E-state index contributed by atoms with van der Waals surface area (Å²) >= 11 is 0. The Balaban J connectivity index is 1.59. The number of rotatable bonds is 5. The number of hydrogen-bond acceptors (Lipinski definition) is 4. The molecule has 0 fully saturated rings. The molecule has 0 atom stereocenters. The summed E-state index contributed by atoms with van der Waals surface area (Å²) < 4.78 is 12.8. The van der Waals surface area contributed by atoms with Crippen molar-refractivity contribution in [3.8, 4) is 0 Å². The molecule has 0 aliphatic heterocycles. The second-order valence-electron chi connectivity index (χ2n) is 4.91. The predicted molar refractivity (Wildman–Crippen MR) is 88.9 cm³/mol. The van der Waals surface area contributed by atoms with Crippen LogP contribution in [0.3, 0.4) is 0 Å². The third-order valence-corrected chi connectivity index (χ3v) is 3.20. The first-order valence-electron chi connectivity index (χ1n) is 7.18. The smallest absolute Gasteiger partial charge is 0.141 e. The van der Waals surface area contributed by atoms with Crippen molar-refractivity contribution < 1.29 is 4.39 Å². The topological polar surface area (TPSA) is 50.7 Å². The molecule has 0 aliphatic rings. The van der Waals surface area contributed by atoms with Gasteiger partial charge in [0, 0.05) is 18.1 Å². The molecule has 0 amide bonds. The van der Waals surface area contributed by atoms with E-state index in [0.717, 1.165) is 22.6 Å². The summed E-state index contributed by atoms with van der Waals surface area (Å²) in [4.78, 5) is 12.2. The van der Waals surface area contributed by atoms with E-state index in [2.05, 4.69) is 20.3 Å². The number of halogens is 1. The van der Waals surface area contributed by atoms with E-state index < -0.39 is 0 Å². The van der Waals surface area contributed by atoms with Crippen molar-refractivity contribution >= 4 is 17.8 Å². The molecule has 5 heteroatoms. The van der Waals surface area contributed by atoms with Crippen LogP contribution in [-0.2, 0) is 6.54 Å². The fourth-order valence-electron chi connectivity index (χ4n) is 1.99. The summed E-state index contributed by atoms with van der Waals surface area (Å²) in [5, 5.41) is 3.29. The third kappa shape index (κ3) is 4.44. The summed E-state index contributed by atoms with van der Waals surface area (Å²) in [7, 11) is 0. The van der Waals surface area contributed by atoms with Gasteiger partial charge in [-0.3, -0.25) is 15.0 Å². The molecule has 3 aromatic rings. The van der Waals surface area contributed by atoms with Gasteiger partial charge in [-0.05, 0) is 35.9 Å². The Hall–Kier alpha value is -3.08. The highest BCUT2D eigenvalue weighted by atomic mass is 19.1. The van der Waals surface area contributed by atoms with Crippen LogP contribution in [0.2, 0.25) is 0 Å². The van der Waals surface area contributed by atoms with E-state index in [1.165, 1.54) is 12.3 Å². The van der Waals surface area contributed by atoms with E-state index in [9.17, 15) is 4.39 Å². The van der Waals surface area contributed by atoms with Crippen LogP contribution in [-0.4, -0.2) is 15.0 Å². The minimum absolute atomic E-state index is 0.333. The number of pyridine rings is 1. The molecule has 0 saturated heterocycles. The second kappa shape index (κ2) is 7.26. The van der Waals surface area contributed by atoms with Crippen LogP contribution in [0.1, 0.15) is 17.0 Å². The van der Waals surface area contributed by atoms with Gasteiger partial charge in [-0.25, -0.2) is 4.39 Å². The quantitative estimate of drug-likeness (QED) is 0.779. The minimum Gasteiger partial charge on any atom is -0.379 e. The van der Waals surface area contributed by atoms with E-state index in [0.29, 0.717) is 6.54 Å². The molecule has 114 valence electrons. The lowest BCUT2D eigenvalue weighted by Gasteiger charge is -2.05. The first-order chi connectivity index (χ1) is 11.3. The summed E-state index contributed by atoms with van der Waals surface area (Å²) in [6.45, 7) is 0.628. The lowest BCUT2D eigenvalue weighted by Crippen LogP contribution is -2.01. The Morgan fingerprint density at radius 1 is 0.913 bits per heavy atom. The molecule has 0 spiro atoms. The average molecular weight is 306 g/mol. The van der Waals surface area contributed by atoms with Gasteiger partial charge in [0.25, 0.3) is 0 Å². The summed E-state index contributed by atoms with van der Waals surface area (Å²) in [5.74, 6) is -0.333. The van der Waals surface area contributed by atoms with Crippen molar-refractivity contribution in [2.75, 3.05) is 5.32 Å². The van der Waals surface area contributed by atoms with Crippen LogP contribution in [0.15, 0.2) is 61.2 Å². The SMILES string of the molecule is Fc1ccc(/C=C/c2ccc(NCc3cnccn3)cc2)nc1. The zero-order valence-electron chi connectivity index (χ0n) is 12.4. The highest BCUT2D eigenvalue weighted by Gasteiger charge is 1.96. The molecule has 3 rings (SSSR count). The van der Waals surface area contributed by atoms with Crippen molar-refractivity contribution in [2.45, 2.75) is 6.54 Å². The zero-order valence-corrected chi connectivity index (χ0v) is 12.4. The van der Waals surface area contributed by atoms with Crippen LogP contribution in [0.4, 0.5) is 10.1 Å². The number of hydrogen-bond donors (Lipinski definition) is 1. The maximum Gasteiger partial charge on any atom is 0.141 e. The van der Waals surface area contributed by atoms with E-state index >= 15 is 0 Å². The van der Waals surface area contributed by atoms with Crippen LogP contribution in [0.25, 0.3) is 12.2 Å². The van der Waals surface area contributed by atoms with Crippen LogP contribution < -0.4 is 5.32 Å². The van der Waals surface area contributed by atoms with Gasteiger partial charge in [0.15, 0.2) is 0 Å². The van der Waals surface area contributed by atoms with Gasteiger partial charge in [-0.15, -0.1) is 0 Å². The third-order valence-electron chi connectivity index (χ3n) is 3.20. The molecule has 4 nitrogen and oxygen atoms in total. The molecule has 0 unspecified atom stereocenters. The molecule has 23 heavy (non-hydrogen) atoms. The molecule has 0 aliphatic carbocycles. The predicted octanol–water partition coefficient (Wildman–Crippen LogP) is 3.79. The number of aromatic nitrogens is 3. The van der Waals surface area contributed by atoms with E-state index in [1.807, 2.05) is 36.4 Å². The molecular formula is C18H15FN4. The van der Waals surface area contributed by atoms with Gasteiger partial charge < -0.3 is 5.32 Å². The standard InChI is InChI=1S/C18H15FN4/c19-15-4-8-17(22-11-15)7-3-14-1-5-16(6-2-14)23-13-18-12-20-9-10-21-18/h1-12,23H,13H2/b7-3+. The van der Waals surface area contributed by atoms with E-state index in [-0.39, 0.29) is 5.82 Å². The van der Waals surface area contributed by atoms with Gasteiger partial charge in [-0.2, -0.15) is 0 Å². The number of nitrogens with one attached hydrogen (secondary N) is 1. The number of benzene rings is 1. The average Bonchev–Trinajstić information content (AvgIpc) is 2.61. The van der Waals surface area contributed by atoms with E-state index in [4.69, 9.17) is 0 Å². The highest BCUT2D eigenvalue weighted by molar-refractivity contribution is 5.68. The lowest BCUT2D eigenvalue weighted by molar-refractivity contribution is 0.621. The Morgan fingerprint density at radius 3 is 2.48 bits per heavy atom. The molecule has 2 aromatic heterocycles. The fraction of sp³-hybridized carbons (Fsp3) is 0.0556. The first kappa shape index (κ1) is 14.8. The van der Waals surface area contributed by atoms with Crippen molar-refractivity contribution in [3.05, 3.63) is 84.0 Å². The van der Waals surface area contributed by atoms with E-state index in [1.54, 1.807) is 24.7 Å². The molecule has 0 saturated carbocycles. The van der Waals surface area contributed by atoms with Gasteiger partial charge >= 0.3 is 0 Å². The van der Waals surface area contributed by atoms with Crippen molar-refractivity contribution in [1.29, 1.82) is 0 Å². The summed E-state index contributed by atoms with van der Waals surface area (Å²) in [6.07, 6.45) is 10.1. The Morgan fingerprint density at radius 2 is 1.78 bits per heavy atom. The normalized spacial score (nSPS) is 10.8. The number of anilines is 1. The maximum absolute atomic E-state index is 12.8. The van der Waals surface area contributed by atoms with Crippen LogP contribution in [0, 0.1) is 5.82 Å². The van der Waals surface area contributed by atoms with Gasteiger partial charge in [-0.1, -0.05) is 18.2 Å². The summed E-state index contributed by atoms with van der Waals surface area (Å²) in [5.41, 5.74) is 3.66. The van der Waals surface area contributed by atoms with Crippen LogP contribution >= 0.6 is 0 Å². The molecule has 1 N–H and O–H groups in total. The lowest BCUT2D eigenvalue weighted by atomic mass is 10.1. The molecule has 0 bridgehead atoms. The number of nitrogens with zero attached hydrogens (tertiary/aromatic N) is 3. The van der Waals surface area contributed by atoms with Gasteiger partial charge in [0.2, 0.25) is 0 Å². The zero-order chi connectivity index (χ0) is 15.9. The van der Waals surface area contributed by atoms with Crippen molar-refractivity contribution in [1.82, 2.24) is 15.0 Å². The molecule has 1 aromatic carbocycles. The van der Waals surface area contributed by atoms with Gasteiger partial charge in [0.05, 0.1) is 30.3 Å². The van der Waals surface area contributed by atoms with Crippen LogP contribution in [0.5, 0.6) is 0 Å².